The molecule has 1 unspecified atom stereocenters. The lowest BCUT2D eigenvalue weighted by atomic mass is 9.88. The van der Waals surface area contributed by atoms with Gasteiger partial charge in [0.2, 0.25) is 0 Å². The fraction of sp³-hybridized carbons (Fsp3) is 0.440. The number of esters is 1. The van der Waals surface area contributed by atoms with E-state index in [9.17, 15) is 4.79 Å². The van der Waals surface area contributed by atoms with E-state index < -0.39 is 0 Å². The zero-order valence-electron chi connectivity index (χ0n) is 17.5. The van der Waals surface area contributed by atoms with Gasteiger partial charge < -0.3 is 9.47 Å². The SMILES string of the molecule is CCOC(=O)C(CC(C)C)c1ccc(OCC2CC2)c(-c2ccc(C#N)cc2)c1. The summed E-state index contributed by atoms with van der Waals surface area (Å²) in [7, 11) is 0. The molecule has 0 bridgehead atoms. The topological polar surface area (TPSA) is 59.3 Å². The zero-order chi connectivity index (χ0) is 20.8. The lowest BCUT2D eigenvalue weighted by Crippen LogP contribution is -2.18. The van der Waals surface area contributed by atoms with E-state index in [4.69, 9.17) is 14.7 Å². The van der Waals surface area contributed by atoms with E-state index in [-0.39, 0.29) is 11.9 Å². The van der Waals surface area contributed by atoms with Gasteiger partial charge in [-0.05, 0) is 73.4 Å². The van der Waals surface area contributed by atoms with E-state index in [0.717, 1.165) is 35.5 Å². The molecular formula is C25H29NO3. The van der Waals surface area contributed by atoms with E-state index in [1.807, 2.05) is 49.4 Å². The molecule has 3 rings (SSSR count). The number of carbonyl (C=O) groups is 1. The standard InChI is InChI=1S/C25H29NO3/c1-4-28-25(27)23(13-17(2)3)21-11-12-24(29-16-19-5-6-19)22(14-21)20-9-7-18(15-26)8-10-20/h7-12,14,17,19,23H,4-6,13,16H2,1-3H3. The van der Waals surface area contributed by atoms with Crippen molar-refractivity contribution in [1.29, 1.82) is 5.26 Å². The molecule has 0 radical (unpaired) electrons. The van der Waals surface area contributed by atoms with E-state index in [1.54, 1.807) is 0 Å². The van der Waals surface area contributed by atoms with Crippen LogP contribution >= 0.6 is 0 Å². The normalized spacial score (nSPS) is 14.3. The average Bonchev–Trinajstić information content (AvgIpc) is 3.55. The number of hydrogen-bond donors (Lipinski definition) is 0. The van der Waals surface area contributed by atoms with Gasteiger partial charge in [0.15, 0.2) is 0 Å². The van der Waals surface area contributed by atoms with Gasteiger partial charge in [-0.25, -0.2) is 0 Å². The first-order chi connectivity index (χ1) is 14.0. The minimum Gasteiger partial charge on any atom is -0.493 e. The molecule has 0 amide bonds. The molecule has 0 aliphatic heterocycles. The maximum Gasteiger partial charge on any atom is 0.313 e. The second-order valence-corrected chi connectivity index (χ2v) is 8.13. The summed E-state index contributed by atoms with van der Waals surface area (Å²) in [5, 5.41) is 9.09. The van der Waals surface area contributed by atoms with Crippen LogP contribution < -0.4 is 4.74 Å². The largest absolute Gasteiger partial charge is 0.493 e. The number of rotatable bonds is 9. The van der Waals surface area contributed by atoms with E-state index in [1.165, 1.54) is 12.8 Å². The predicted molar refractivity (Wildman–Crippen MR) is 114 cm³/mol. The Morgan fingerprint density at radius 1 is 1.17 bits per heavy atom. The first-order valence-electron chi connectivity index (χ1n) is 10.5. The Balaban J connectivity index is 1.98. The molecule has 0 spiro atoms. The summed E-state index contributed by atoms with van der Waals surface area (Å²) < 4.78 is 11.5. The van der Waals surface area contributed by atoms with Crippen LogP contribution in [0.5, 0.6) is 5.75 Å². The van der Waals surface area contributed by atoms with E-state index in [2.05, 4.69) is 19.9 Å². The van der Waals surface area contributed by atoms with Crippen molar-refractivity contribution in [2.24, 2.45) is 11.8 Å². The highest BCUT2D eigenvalue weighted by molar-refractivity contribution is 5.80. The number of benzene rings is 2. The highest BCUT2D eigenvalue weighted by Crippen LogP contribution is 2.37. The molecule has 2 aromatic rings. The average molecular weight is 392 g/mol. The van der Waals surface area contributed by atoms with E-state index in [0.29, 0.717) is 24.0 Å². The molecule has 4 nitrogen and oxygen atoms in total. The van der Waals surface area contributed by atoms with Crippen molar-refractivity contribution in [2.75, 3.05) is 13.2 Å². The maximum absolute atomic E-state index is 12.6. The first kappa shape index (κ1) is 20.9. The first-order valence-corrected chi connectivity index (χ1v) is 10.5. The van der Waals surface area contributed by atoms with Crippen LogP contribution in [0.2, 0.25) is 0 Å². The van der Waals surface area contributed by atoms with Gasteiger partial charge in [-0.15, -0.1) is 0 Å². The zero-order valence-corrected chi connectivity index (χ0v) is 17.5. The summed E-state index contributed by atoms with van der Waals surface area (Å²) in [6, 6.07) is 15.6. The molecule has 29 heavy (non-hydrogen) atoms. The van der Waals surface area contributed by atoms with Gasteiger partial charge in [-0.3, -0.25) is 4.79 Å². The van der Waals surface area contributed by atoms with Crippen LogP contribution in [0.1, 0.15) is 57.1 Å². The Hall–Kier alpha value is -2.80. The number of nitrogens with zero attached hydrogens (tertiary/aromatic N) is 1. The fourth-order valence-electron chi connectivity index (χ4n) is 3.41. The van der Waals surface area contributed by atoms with Crippen molar-refractivity contribution in [3.05, 3.63) is 53.6 Å². The molecule has 1 atom stereocenters. The molecule has 1 aliphatic rings. The molecule has 1 saturated carbocycles. The van der Waals surface area contributed by atoms with Crippen LogP contribution in [0.4, 0.5) is 0 Å². The van der Waals surface area contributed by atoms with Crippen molar-refractivity contribution < 1.29 is 14.3 Å². The number of carbonyl (C=O) groups excluding carboxylic acids is 1. The lowest BCUT2D eigenvalue weighted by molar-refractivity contribution is -0.145. The van der Waals surface area contributed by atoms with Gasteiger partial charge in [-0.1, -0.05) is 32.0 Å². The summed E-state index contributed by atoms with van der Waals surface area (Å²) >= 11 is 0. The summed E-state index contributed by atoms with van der Waals surface area (Å²) in [5.74, 6) is 1.35. The van der Waals surface area contributed by atoms with Crippen LogP contribution in [0, 0.1) is 23.2 Å². The molecule has 4 heteroatoms. The van der Waals surface area contributed by atoms with Gasteiger partial charge in [0.1, 0.15) is 5.75 Å². The lowest BCUT2D eigenvalue weighted by Gasteiger charge is -2.20. The van der Waals surface area contributed by atoms with Gasteiger partial charge >= 0.3 is 5.97 Å². The number of nitriles is 1. The third-order valence-electron chi connectivity index (χ3n) is 5.18. The van der Waals surface area contributed by atoms with Crippen LogP contribution in [-0.2, 0) is 9.53 Å². The van der Waals surface area contributed by atoms with Crippen LogP contribution in [0.25, 0.3) is 11.1 Å². The van der Waals surface area contributed by atoms with Crippen LogP contribution in [-0.4, -0.2) is 19.2 Å². The minimum absolute atomic E-state index is 0.182. The van der Waals surface area contributed by atoms with Crippen molar-refractivity contribution >= 4 is 5.97 Å². The van der Waals surface area contributed by atoms with Gasteiger partial charge in [-0.2, -0.15) is 5.26 Å². The molecule has 0 N–H and O–H groups in total. The van der Waals surface area contributed by atoms with Crippen molar-refractivity contribution in [3.8, 4) is 22.9 Å². The van der Waals surface area contributed by atoms with Gasteiger partial charge in [0, 0.05) is 5.56 Å². The highest BCUT2D eigenvalue weighted by atomic mass is 16.5. The third kappa shape index (κ3) is 5.60. The Kier molecular flexibility index (Phi) is 6.93. The smallest absolute Gasteiger partial charge is 0.313 e. The minimum atomic E-state index is -0.301. The second-order valence-electron chi connectivity index (χ2n) is 8.13. The molecule has 152 valence electrons. The molecule has 1 fully saturated rings. The van der Waals surface area contributed by atoms with Crippen molar-refractivity contribution in [3.63, 3.8) is 0 Å². The molecule has 0 saturated heterocycles. The Labute approximate surface area is 173 Å². The van der Waals surface area contributed by atoms with Crippen LogP contribution in [0.3, 0.4) is 0 Å². The summed E-state index contributed by atoms with van der Waals surface area (Å²) in [6.07, 6.45) is 3.18. The van der Waals surface area contributed by atoms with Gasteiger partial charge in [0.25, 0.3) is 0 Å². The monoisotopic (exact) mass is 391 g/mol. The third-order valence-corrected chi connectivity index (χ3v) is 5.18. The van der Waals surface area contributed by atoms with Crippen molar-refractivity contribution in [1.82, 2.24) is 0 Å². The second kappa shape index (κ2) is 9.60. The summed E-state index contributed by atoms with van der Waals surface area (Å²) in [4.78, 5) is 12.6. The van der Waals surface area contributed by atoms with Gasteiger partial charge in [0.05, 0.1) is 30.8 Å². The molecule has 2 aromatic carbocycles. The number of ether oxygens (including phenoxy) is 2. The molecular weight excluding hydrogens is 362 g/mol. The molecule has 0 heterocycles. The molecule has 0 aromatic heterocycles. The van der Waals surface area contributed by atoms with Crippen molar-refractivity contribution in [2.45, 2.75) is 46.0 Å². The maximum atomic E-state index is 12.6. The van der Waals surface area contributed by atoms with E-state index >= 15 is 0 Å². The highest BCUT2D eigenvalue weighted by Gasteiger charge is 2.26. The summed E-state index contributed by atoms with van der Waals surface area (Å²) in [5.41, 5.74) is 3.49. The Morgan fingerprint density at radius 2 is 1.90 bits per heavy atom. The Bertz CT molecular complexity index is 876. The number of hydrogen-bond acceptors (Lipinski definition) is 4. The quantitative estimate of drug-likeness (QED) is 0.514. The predicted octanol–water partition coefficient (Wildman–Crippen LogP) is 5.71. The summed E-state index contributed by atoms with van der Waals surface area (Å²) in [6.45, 7) is 7.15. The Morgan fingerprint density at radius 3 is 2.48 bits per heavy atom. The fourth-order valence-corrected chi connectivity index (χ4v) is 3.41. The van der Waals surface area contributed by atoms with Crippen LogP contribution in [0.15, 0.2) is 42.5 Å². The molecule has 1 aliphatic carbocycles.